The minimum atomic E-state index is 0.646. The lowest BCUT2D eigenvalue weighted by Crippen LogP contribution is -2.39. The van der Waals surface area contributed by atoms with Crippen molar-refractivity contribution in [2.75, 3.05) is 29.4 Å². The van der Waals surface area contributed by atoms with Crippen LogP contribution in [0, 0.1) is 0 Å². The summed E-state index contributed by atoms with van der Waals surface area (Å²) in [6.45, 7) is 9.72. The highest BCUT2D eigenvalue weighted by Crippen LogP contribution is 2.26. The maximum atomic E-state index is 4.50. The van der Waals surface area contributed by atoms with Gasteiger partial charge in [-0.1, -0.05) is 6.92 Å². The number of aromatic nitrogens is 2. The summed E-state index contributed by atoms with van der Waals surface area (Å²) < 4.78 is 0. The summed E-state index contributed by atoms with van der Waals surface area (Å²) in [4.78, 5) is 13.7. The number of nitrogens with zero attached hydrogens (tertiary/aromatic N) is 4. The van der Waals surface area contributed by atoms with Crippen molar-refractivity contribution in [3.8, 4) is 0 Å². The van der Waals surface area contributed by atoms with Crippen LogP contribution >= 0.6 is 0 Å². The van der Waals surface area contributed by atoms with Gasteiger partial charge in [0.1, 0.15) is 18.0 Å². The van der Waals surface area contributed by atoms with Crippen LogP contribution in [0.15, 0.2) is 12.4 Å². The summed E-state index contributed by atoms with van der Waals surface area (Å²) in [5, 5.41) is 0. The Balaban J connectivity index is 2.21. The lowest BCUT2D eigenvalue weighted by molar-refractivity contribution is 0.446. The average molecular weight is 262 g/mol. The summed E-state index contributed by atoms with van der Waals surface area (Å²) in [5.74, 6) is 2.15. The quantitative estimate of drug-likeness (QED) is 0.816. The Morgan fingerprint density at radius 1 is 1.21 bits per heavy atom. The van der Waals surface area contributed by atoms with Crippen molar-refractivity contribution in [2.24, 2.45) is 0 Å². The SMILES string of the molecule is CCC1CCCCN1c1cc(N(CC)CC)ncn1. The van der Waals surface area contributed by atoms with E-state index in [-0.39, 0.29) is 0 Å². The van der Waals surface area contributed by atoms with Crippen LogP contribution in [0.2, 0.25) is 0 Å². The highest BCUT2D eigenvalue weighted by atomic mass is 15.2. The Labute approximate surface area is 116 Å². The number of hydrogen-bond donors (Lipinski definition) is 0. The van der Waals surface area contributed by atoms with E-state index in [1.807, 2.05) is 0 Å². The van der Waals surface area contributed by atoms with Crippen molar-refractivity contribution in [3.63, 3.8) is 0 Å². The lowest BCUT2D eigenvalue weighted by atomic mass is 10.0. The molecule has 0 N–H and O–H groups in total. The summed E-state index contributed by atoms with van der Waals surface area (Å²) in [7, 11) is 0. The Morgan fingerprint density at radius 2 is 2.00 bits per heavy atom. The third-order valence-corrected chi connectivity index (χ3v) is 4.12. The molecule has 1 aromatic heterocycles. The molecule has 1 aromatic rings. The minimum absolute atomic E-state index is 0.646. The van der Waals surface area contributed by atoms with Gasteiger partial charge in [0.2, 0.25) is 0 Å². The Morgan fingerprint density at radius 3 is 2.68 bits per heavy atom. The monoisotopic (exact) mass is 262 g/mol. The zero-order valence-electron chi connectivity index (χ0n) is 12.5. The summed E-state index contributed by atoms with van der Waals surface area (Å²) in [6.07, 6.45) is 6.83. The summed E-state index contributed by atoms with van der Waals surface area (Å²) in [5.41, 5.74) is 0. The van der Waals surface area contributed by atoms with E-state index in [0.29, 0.717) is 6.04 Å². The second-order valence-corrected chi connectivity index (χ2v) is 5.16. The molecular weight excluding hydrogens is 236 g/mol. The Hall–Kier alpha value is -1.32. The number of anilines is 2. The number of hydrogen-bond acceptors (Lipinski definition) is 4. The first-order valence-electron chi connectivity index (χ1n) is 7.63. The molecule has 0 amide bonds. The van der Waals surface area contributed by atoms with Gasteiger partial charge < -0.3 is 9.80 Å². The van der Waals surface area contributed by atoms with Gasteiger partial charge >= 0.3 is 0 Å². The van der Waals surface area contributed by atoms with Crippen LogP contribution in [0.3, 0.4) is 0 Å². The van der Waals surface area contributed by atoms with Crippen LogP contribution < -0.4 is 9.80 Å². The van der Waals surface area contributed by atoms with Gasteiger partial charge in [-0.3, -0.25) is 0 Å². The predicted molar refractivity (Wildman–Crippen MR) is 80.9 cm³/mol. The van der Waals surface area contributed by atoms with E-state index in [9.17, 15) is 0 Å². The number of piperidine rings is 1. The molecule has 0 saturated carbocycles. The lowest BCUT2D eigenvalue weighted by Gasteiger charge is -2.36. The van der Waals surface area contributed by atoms with Crippen molar-refractivity contribution >= 4 is 11.6 Å². The van der Waals surface area contributed by atoms with Crippen LogP contribution in [0.5, 0.6) is 0 Å². The second-order valence-electron chi connectivity index (χ2n) is 5.16. The van der Waals surface area contributed by atoms with Gasteiger partial charge in [0.05, 0.1) is 0 Å². The molecular formula is C15H26N4. The van der Waals surface area contributed by atoms with E-state index in [4.69, 9.17) is 0 Å². The third kappa shape index (κ3) is 3.17. The fourth-order valence-corrected chi connectivity index (χ4v) is 2.94. The van der Waals surface area contributed by atoms with Crippen molar-refractivity contribution in [3.05, 3.63) is 12.4 Å². The van der Waals surface area contributed by atoms with Crippen LogP contribution in [0.1, 0.15) is 46.5 Å². The van der Waals surface area contributed by atoms with E-state index in [2.05, 4.69) is 46.6 Å². The summed E-state index contributed by atoms with van der Waals surface area (Å²) in [6, 6.07) is 2.80. The van der Waals surface area contributed by atoms with E-state index in [0.717, 1.165) is 31.3 Å². The molecule has 2 rings (SSSR count). The minimum Gasteiger partial charge on any atom is -0.357 e. The molecule has 4 nitrogen and oxygen atoms in total. The molecule has 0 aromatic carbocycles. The molecule has 4 heteroatoms. The van der Waals surface area contributed by atoms with Gasteiger partial charge in [-0.15, -0.1) is 0 Å². The standard InChI is InChI=1S/C15H26N4/c1-4-13-9-7-8-10-19(13)15-11-14(16-12-17-15)18(5-2)6-3/h11-13H,4-10H2,1-3H3. The molecule has 0 radical (unpaired) electrons. The topological polar surface area (TPSA) is 32.3 Å². The van der Waals surface area contributed by atoms with Crippen LogP contribution in [0.4, 0.5) is 11.6 Å². The number of rotatable bonds is 5. The molecule has 1 unspecified atom stereocenters. The first-order valence-corrected chi connectivity index (χ1v) is 7.63. The first-order chi connectivity index (χ1) is 9.30. The second kappa shape index (κ2) is 6.73. The van der Waals surface area contributed by atoms with Gasteiger partial charge in [-0.05, 0) is 39.5 Å². The normalized spacial score (nSPS) is 19.5. The fraction of sp³-hybridized carbons (Fsp3) is 0.733. The zero-order chi connectivity index (χ0) is 13.7. The highest BCUT2D eigenvalue weighted by Gasteiger charge is 2.22. The zero-order valence-corrected chi connectivity index (χ0v) is 12.5. The first kappa shape index (κ1) is 14.1. The third-order valence-electron chi connectivity index (χ3n) is 4.12. The molecule has 1 fully saturated rings. The molecule has 0 aliphatic carbocycles. The van der Waals surface area contributed by atoms with E-state index < -0.39 is 0 Å². The van der Waals surface area contributed by atoms with Gasteiger partial charge in [0, 0.05) is 31.7 Å². The largest absolute Gasteiger partial charge is 0.357 e. The predicted octanol–water partition coefficient (Wildman–Crippen LogP) is 3.09. The maximum absolute atomic E-state index is 4.50. The van der Waals surface area contributed by atoms with Crippen LogP contribution in [0.25, 0.3) is 0 Å². The van der Waals surface area contributed by atoms with Gasteiger partial charge in [0.25, 0.3) is 0 Å². The van der Waals surface area contributed by atoms with Crippen molar-refractivity contribution < 1.29 is 0 Å². The Bertz CT molecular complexity index is 389. The van der Waals surface area contributed by atoms with Crippen molar-refractivity contribution in [1.29, 1.82) is 0 Å². The van der Waals surface area contributed by atoms with Crippen molar-refractivity contribution in [1.82, 2.24) is 9.97 Å². The van der Waals surface area contributed by atoms with E-state index in [1.54, 1.807) is 6.33 Å². The van der Waals surface area contributed by atoms with Crippen LogP contribution in [-0.2, 0) is 0 Å². The van der Waals surface area contributed by atoms with E-state index in [1.165, 1.54) is 25.7 Å². The molecule has 1 saturated heterocycles. The molecule has 0 spiro atoms. The highest BCUT2D eigenvalue weighted by molar-refractivity contribution is 5.50. The van der Waals surface area contributed by atoms with Gasteiger partial charge in [-0.25, -0.2) is 9.97 Å². The molecule has 19 heavy (non-hydrogen) atoms. The average Bonchev–Trinajstić information content (AvgIpc) is 2.49. The molecule has 1 aliphatic rings. The molecule has 106 valence electrons. The maximum Gasteiger partial charge on any atom is 0.134 e. The van der Waals surface area contributed by atoms with Gasteiger partial charge in [0.15, 0.2) is 0 Å². The molecule has 2 heterocycles. The van der Waals surface area contributed by atoms with Crippen molar-refractivity contribution in [2.45, 2.75) is 52.5 Å². The fourth-order valence-electron chi connectivity index (χ4n) is 2.94. The Kier molecular flexibility index (Phi) is 5.00. The summed E-state index contributed by atoms with van der Waals surface area (Å²) >= 11 is 0. The smallest absolute Gasteiger partial charge is 0.134 e. The van der Waals surface area contributed by atoms with Gasteiger partial charge in [-0.2, -0.15) is 0 Å². The molecule has 1 aliphatic heterocycles. The van der Waals surface area contributed by atoms with Crippen LogP contribution in [-0.4, -0.2) is 35.6 Å². The molecule has 0 bridgehead atoms. The van der Waals surface area contributed by atoms with E-state index >= 15 is 0 Å². The molecule has 1 atom stereocenters.